The number of anilines is 2. The number of rotatable bonds is 6. The third-order valence-electron chi connectivity index (χ3n) is 5.14. The maximum Gasteiger partial charge on any atom is 0.414 e. The number of carbonyl (C=O) groups excluding carboxylic acids is 3. The molecule has 9 heteroatoms. The first kappa shape index (κ1) is 20.1. The monoisotopic (exact) mass is 393 g/mol. The molecule has 0 unspecified atom stereocenters. The Hall–Kier alpha value is -2.68. The van der Waals surface area contributed by atoms with Gasteiger partial charge in [-0.2, -0.15) is 0 Å². The van der Waals surface area contributed by atoms with Crippen LogP contribution in [0.25, 0.3) is 0 Å². The quantitative estimate of drug-likeness (QED) is 0.750. The second-order valence-corrected chi connectivity index (χ2v) is 7.07. The van der Waals surface area contributed by atoms with Crippen molar-refractivity contribution in [2.75, 3.05) is 42.6 Å². The molecule has 0 aromatic heterocycles. The van der Waals surface area contributed by atoms with Crippen molar-refractivity contribution in [3.8, 4) is 0 Å². The zero-order valence-corrected chi connectivity index (χ0v) is 15.7. The summed E-state index contributed by atoms with van der Waals surface area (Å²) < 4.78 is 19.9. The molecule has 0 bridgehead atoms. The van der Waals surface area contributed by atoms with Crippen LogP contribution < -0.4 is 15.1 Å². The van der Waals surface area contributed by atoms with Crippen LogP contribution in [0.5, 0.6) is 0 Å². The van der Waals surface area contributed by atoms with Crippen LogP contribution >= 0.6 is 0 Å². The summed E-state index contributed by atoms with van der Waals surface area (Å²) in [4.78, 5) is 37.8. The number of hydrogen-bond acceptors (Lipinski definition) is 6. The average Bonchev–Trinajstić information content (AvgIpc) is 3.06. The van der Waals surface area contributed by atoms with Gasteiger partial charge in [0.05, 0.1) is 24.5 Å². The van der Waals surface area contributed by atoms with E-state index in [0.29, 0.717) is 37.3 Å². The van der Waals surface area contributed by atoms with Gasteiger partial charge >= 0.3 is 6.09 Å². The minimum Gasteiger partial charge on any atom is -0.442 e. The van der Waals surface area contributed by atoms with E-state index in [1.807, 2.05) is 4.90 Å². The van der Waals surface area contributed by atoms with E-state index in [-0.39, 0.29) is 30.7 Å². The van der Waals surface area contributed by atoms with Crippen molar-refractivity contribution in [1.29, 1.82) is 0 Å². The van der Waals surface area contributed by atoms with Gasteiger partial charge in [0.15, 0.2) is 5.78 Å². The molecule has 2 aliphatic heterocycles. The van der Waals surface area contributed by atoms with Crippen molar-refractivity contribution < 1.29 is 28.6 Å². The molecule has 28 heavy (non-hydrogen) atoms. The highest BCUT2D eigenvalue weighted by molar-refractivity contribution is 5.90. The number of piperidine rings is 1. The molecule has 3 rings (SSSR count). The van der Waals surface area contributed by atoms with Crippen LogP contribution in [0, 0.1) is 11.7 Å². The molecule has 2 aliphatic rings. The molecule has 2 fully saturated rings. The van der Waals surface area contributed by atoms with Gasteiger partial charge in [-0.1, -0.05) is 0 Å². The highest BCUT2D eigenvalue weighted by Gasteiger charge is 2.33. The van der Waals surface area contributed by atoms with Gasteiger partial charge in [0, 0.05) is 25.9 Å². The topological polar surface area (TPSA) is 99.2 Å². The van der Waals surface area contributed by atoms with Crippen LogP contribution in [-0.4, -0.2) is 61.8 Å². The number of aliphatic hydroxyl groups excluding tert-OH is 1. The molecule has 0 aliphatic carbocycles. The van der Waals surface area contributed by atoms with Crippen LogP contribution in [-0.2, 0) is 14.3 Å². The maximum absolute atomic E-state index is 14.7. The number of cyclic esters (lactones) is 1. The van der Waals surface area contributed by atoms with E-state index in [1.165, 1.54) is 17.9 Å². The van der Waals surface area contributed by atoms with Gasteiger partial charge in [0.2, 0.25) is 5.91 Å². The number of amides is 2. The molecule has 1 aromatic rings. The molecule has 8 nitrogen and oxygen atoms in total. The Labute approximate surface area is 162 Å². The van der Waals surface area contributed by atoms with Crippen molar-refractivity contribution in [2.45, 2.75) is 25.9 Å². The van der Waals surface area contributed by atoms with E-state index in [0.717, 1.165) is 0 Å². The summed E-state index contributed by atoms with van der Waals surface area (Å²) in [5.41, 5.74) is 0.808. The van der Waals surface area contributed by atoms with Crippen LogP contribution in [0.1, 0.15) is 19.8 Å². The number of carbonyl (C=O) groups is 3. The number of aliphatic hydroxyl groups is 1. The Morgan fingerprint density at radius 3 is 2.64 bits per heavy atom. The first-order chi connectivity index (χ1) is 13.4. The molecular formula is C19H24FN3O5. The summed E-state index contributed by atoms with van der Waals surface area (Å²) in [6, 6.07) is 4.57. The van der Waals surface area contributed by atoms with Crippen molar-refractivity contribution in [2.24, 2.45) is 5.92 Å². The van der Waals surface area contributed by atoms with E-state index < -0.39 is 24.6 Å². The number of Topliss-reactive ketones (excluding diaryl/α,β-unsaturated/α-hetero) is 1. The predicted octanol–water partition coefficient (Wildman–Crippen LogP) is 1.06. The number of hydrogen-bond donors (Lipinski definition) is 2. The minimum absolute atomic E-state index is 0.170. The summed E-state index contributed by atoms with van der Waals surface area (Å²) in [5.74, 6) is -1.02. The molecule has 2 saturated heterocycles. The van der Waals surface area contributed by atoms with E-state index in [2.05, 4.69) is 5.32 Å². The largest absolute Gasteiger partial charge is 0.442 e. The normalized spacial score (nSPS) is 20.2. The second kappa shape index (κ2) is 8.55. The highest BCUT2D eigenvalue weighted by Crippen LogP contribution is 2.30. The molecule has 0 saturated carbocycles. The van der Waals surface area contributed by atoms with Gasteiger partial charge in [-0.15, -0.1) is 0 Å². The van der Waals surface area contributed by atoms with Gasteiger partial charge in [0.25, 0.3) is 0 Å². The van der Waals surface area contributed by atoms with Crippen molar-refractivity contribution in [1.82, 2.24) is 5.32 Å². The molecule has 0 radical (unpaired) electrons. The first-order valence-corrected chi connectivity index (χ1v) is 9.29. The van der Waals surface area contributed by atoms with E-state index in [1.54, 1.807) is 12.1 Å². The molecular weight excluding hydrogens is 369 g/mol. The smallest absolute Gasteiger partial charge is 0.414 e. The number of ether oxygens (including phenoxy) is 1. The summed E-state index contributed by atoms with van der Waals surface area (Å²) in [5, 5.41) is 11.6. The Bertz CT molecular complexity index is 764. The van der Waals surface area contributed by atoms with E-state index in [9.17, 15) is 18.8 Å². The number of benzene rings is 1. The molecule has 2 N–H and O–H groups in total. The fourth-order valence-corrected chi connectivity index (χ4v) is 3.59. The lowest BCUT2D eigenvalue weighted by Crippen LogP contribution is -2.37. The van der Waals surface area contributed by atoms with Crippen LogP contribution in [0.15, 0.2) is 18.2 Å². The first-order valence-electron chi connectivity index (χ1n) is 9.29. The molecule has 152 valence electrons. The molecule has 0 spiro atoms. The van der Waals surface area contributed by atoms with Gasteiger partial charge < -0.3 is 20.1 Å². The van der Waals surface area contributed by atoms with Crippen molar-refractivity contribution in [3.63, 3.8) is 0 Å². The highest BCUT2D eigenvalue weighted by atomic mass is 19.1. The third kappa shape index (κ3) is 4.41. The van der Waals surface area contributed by atoms with Crippen molar-refractivity contribution >= 4 is 29.2 Å². The average molecular weight is 393 g/mol. The Balaban J connectivity index is 1.64. The minimum atomic E-state index is -0.578. The lowest BCUT2D eigenvalue weighted by atomic mass is 9.92. The molecule has 2 heterocycles. The number of nitrogens with zero attached hydrogens (tertiary/aromatic N) is 2. The van der Waals surface area contributed by atoms with Crippen molar-refractivity contribution in [3.05, 3.63) is 24.0 Å². The lowest BCUT2D eigenvalue weighted by molar-refractivity contribution is -0.126. The maximum atomic E-state index is 14.7. The standard InChI is InChI=1S/C19H24FN3O5/c1-12(25)21-9-15-10-23(19(27)28-15)14-2-3-17(16(20)8-14)22-6-4-13(5-7-22)18(26)11-24/h2-3,8,13,15,24H,4-7,9-11H2,1H3,(H,21,25)/t15-/m0/s1. The van der Waals surface area contributed by atoms with Gasteiger partial charge in [-0.25, -0.2) is 9.18 Å². The fraction of sp³-hybridized carbons (Fsp3) is 0.526. The Morgan fingerprint density at radius 2 is 2.04 bits per heavy atom. The summed E-state index contributed by atoms with van der Waals surface area (Å²) in [6.45, 7) is 2.41. The van der Waals surface area contributed by atoms with Crippen LogP contribution in [0.3, 0.4) is 0 Å². The van der Waals surface area contributed by atoms with Crippen LogP contribution in [0.4, 0.5) is 20.6 Å². The Morgan fingerprint density at radius 1 is 1.32 bits per heavy atom. The van der Waals surface area contributed by atoms with E-state index >= 15 is 0 Å². The second-order valence-electron chi connectivity index (χ2n) is 7.07. The van der Waals surface area contributed by atoms with E-state index in [4.69, 9.17) is 9.84 Å². The number of ketones is 1. The molecule has 1 aromatic carbocycles. The third-order valence-corrected chi connectivity index (χ3v) is 5.14. The zero-order chi connectivity index (χ0) is 20.3. The van der Waals surface area contributed by atoms with Crippen LogP contribution in [0.2, 0.25) is 0 Å². The predicted molar refractivity (Wildman–Crippen MR) is 99.7 cm³/mol. The van der Waals surface area contributed by atoms with Gasteiger partial charge in [-0.05, 0) is 31.0 Å². The summed E-state index contributed by atoms with van der Waals surface area (Å²) in [7, 11) is 0. The fourth-order valence-electron chi connectivity index (χ4n) is 3.59. The molecule has 2 amide bonds. The zero-order valence-electron chi connectivity index (χ0n) is 15.7. The summed E-state index contributed by atoms with van der Waals surface area (Å²) >= 11 is 0. The Kier molecular flexibility index (Phi) is 6.13. The number of halogens is 1. The summed E-state index contributed by atoms with van der Waals surface area (Å²) in [6.07, 6.45) is 0.0846. The van der Waals surface area contributed by atoms with Gasteiger partial charge in [-0.3, -0.25) is 14.5 Å². The molecule has 1 atom stereocenters. The lowest BCUT2D eigenvalue weighted by Gasteiger charge is -2.33. The number of nitrogens with one attached hydrogen (secondary N) is 1. The SMILES string of the molecule is CC(=O)NC[C@H]1CN(c2ccc(N3CCC(C(=O)CO)CC3)c(F)c2)C(=O)O1. The van der Waals surface area contributed by atoms with Gasteiger partial charge in [0.1, 0.15) is 18.5 Å².